The Morgan fingerprint density at radius 2 is 1.38 bits per heavy atom. The summed E-state index contributed by atoms with van der Waals surface area (Å²) >= 11 is 0. The smallest absolute Gasteiger partial charge is 0.407 e. The van der Waals surface area contributed by atoms with Crippen LogP contribution in [-0.2, 0) is 103 Å². The number of hydrogen-bond donors (Lipinski definition) is 6. The quantitative estimate of drug-likeness (QED) is 0.00404. The number of fused-ring (bicyclic) bond motifs is 5. The van der Waals surface area contributed by atoms with Crippen LogP contribution < -0.4 is 22.1 Å². The van der Waals surface area contributed by atoms with Gasteiger partial charge >= 0.3 is 12.1 Å². The Kier molecular flexibility index (Phi) is 42.4. The third kappa shape index (κ3) is 31.3. The molecule has 8 N–H and O–H groups in total. The number of methoxy groups -OCH3 is 3. The number of azide groups is 1. The maximum Gasteiger partial charge on any atom is 0.407 e. The number of carbonyl (C=O) groups excluding carboxylic acids is 6. The second-order valence-corrected chi connectivity index (χ2v) is 33.2. The first-order valence-electron chi connectivity index (χ1n) is 44.4. The number of allylic oxidation sites excluding steroid dienone is 5. The van der Waals surface area contributed by atoms with E-state index in [1.165, 1.54) is 18.3 Å². The SMILES string of the molecule is CO[C@H]1C[C@@H]2CC[C@@H](C)[C@@](O)(O2)C(=O)C(=O)N2CCCC[C@H]2C(=O)O[C@H]([C@H](C)C[C@@H]2CC[C@@H](OC(=O)NCCOCCOCCOCCOCCOCCOCCOCCOCCC(=O)NCc3ccc(Cn4nc(-c5ccc6oc(N)nc6c5)c5c(N)ncnc54)cc3)[C@H](OC)C2)C[C@H](N=[N+]=[N-])[C@H](C)/C=C(\C)[C@@H](O)[C@@H](OC)C(=O)[C@H](C)C[C@H](C)/C=C/C=C/C=C/1C. The number of aliphatic hydroxyl groups excluding tert-OH is 1. The number of ketones is 2. The number of aromatic nitrogens is 5. The highest BCUT2D eigenvalue weighted by molar-refractivity contribution is 6.39. The highest BCUT2D eigenvalue weighted by Crippen LogP contribution is 2.40. The lowest BCUT2D eigenvalue weighted by Crippen LogP contribution is -2.61. The Balaban J connectivity index is 0.606. The van der Waals surface area contributed by atoms with Crippen LogP contribution in [0, 0.1) is 35.5 Å². The molecule has 0 spiro atoms. The Morgan fingerprint density at radius 1 is 0.724 bits per heavy atom. The topological polar surface area (TPSA) is 470 Å². The van der Waals surface area contributed by atoms with Gasteiger partial charge in [0.1, 0.15) is 53.8 Å². The average Bonchev–Trinajstić information content (AvgIpc) is 1.64. The molecule has 700 valence electrons. The van der Waals surface area contributed by atoms with Crippen molar-refractivity contribution in [2.24, 2.45) is 40.6 Å². The van der Waals surface area contributed by atoms with Gasteiger partial charge in [-0.15, -0.1) is 0 Å². The van der Waals surface area contributed by atoms with Crippen molar-refractivity contribution in [3.8, 4) is 11.3 Å². The van der Waals surface area contributed by atoms with E-state index in [0.717, 1.165) is 22.3 Å². The lowest BCUT2D eigenvalue weighted by molar-refractivity contribution is -0.265. The van der Waals surface area contributed by atoms with Gasteiger partial charge in [-0.2, -0.15) is 10.1 Å². The van der Waals surface area contributed by atoms with Crippen molar-refractivity contribution in [1.29, 1.82) is 0 Å². The van der Waals surface area contributed by atoms with Crippen LogP contribution in [0.25, 0.3) is 43.8 Å². The molecule has 2 aromatic carbocycles. The number of benzene rings is 2. The van der Waals surface area contributed by atoms with Crippen LogP contribution in [0.4, 0.5) is 16.6 Å². The Morgan fingerprint density at radius 3 is 2.02 bits per heavy atom. The first-order valence-corrected chi connectivity index (χ1v) is 44.4. The maximum atomic E-state index is 14.9. The molecule has 16 atom stereocenters. The summed E-state index contributed by atoms with van der Waals surface area (Å²) in [6, 6.07) is 11.4. The van der Waals surface area contributed by atoms with Crippen LogP contribution in [0.3, 0.4) is 0 Å². The van der Waals surface area contributed by atoms with Crippen LogP contribution >= 0.6 is 0 Å². The molecule has 2 saturated heterocycles. The Bertz CT molecular complexity index is 4460. The van der Waals surface area contributed by atoms with Crippen molar-refractivity contribution in [3.05, 3.63) is 118 Å². The minimum absolute atomic E-state index is 0.00626. The molecule has 6 heterocycles. The van der Waals surface area contributed by atoms with E-state index in [2.05, 4.69) is 35.6 Å². The molecule has 1 aliphatic carbocycles. The number of carbonyl (C=O) groups is 6. The number of anilines is 2. The molecular formula is C91H133N13O23. The number of nitrogens with two attached hydrogens (primary N) is 2. The van der Waals surface area contributed by atoms with Crippen LogP contribution in [-0.4, -0.2) is 276 Å². The van der Waals surface area contributed by atoms with E-state index < -0.39 is 108 Å². The summed E-state index contributed by atoms with van der Waals surface area (Å²) in [7, 11) is 4.50. The third-order valence-electron chi connectivity index (χ3n) is 23.8. The molecule has 36 nitrogen and oxygen atoms in total. The molecule has 127 heavy (non-hydrogen) atoms. The molecule has 9 rings (SSSR count). The summed E-state index contributed by atoms with van der Waals surface area (Å²) in [6.45, 7) is 19.5. The largest absolute Gasteiger partial charge is 0.461 e. The summed E-state index contributed by atoms with van der Waals surface area (Å²) in [6.07, 6.45) is 11.5. The number of rotatable bonds is 40. The second-order valence-electron chi connectivity index (χ2n) is 33.2. The summed E-state index contributed by atoms with van der Waals surface area (Å²) in [5.41, 5.74) is 28.5. The van der Waals surface area contributed by atoms with Crippen LogP contribution in [0.1, 0.15) is 143 Å². The number of alkyl carbamates (subject to hydrolysis) is 1. The standard InChI is InChI=1S/C91H133N13O23/c1-58-16-12-11-13-17-59(2)75(113-8)53-69-26-19-64(7)91(112,127-69)84(108)87(109)103-31-15-14-18-72(103)88(110)124-76(54-70(100-102-94)60(3)49-63(6)82(107)83(115-10)81(106)62(5)48-58)61(4)50-67-24-27-74(77(51-67)114-9)126-90(111)95-30-33-117-35-37-119-39-41-121-43-45-123-47-46-122-44-42-120-40-38-118-36-34-116-32-29-78(105)96-55-65-20-22-66(23-21-65)56-104-86-79(85(92)97-57-98-86)80(101-104)68-25-28-73-71(52-68)99-89(93)125-73/h11-13,16-17,20-23,25,28,49,52,57-58,60-62,64,67,69-70,72,74-77,82-83,107,112H,14-15,18-19,24,26-27,29-48,50-51,53-56H2,1-10H3,(H2,93,99)(H,95,111)(H,96,105)(H2,92,97,98)/b13-11+,16-12+,59-17+,63-49+/t58-,60-,61-,62-,64-,67+,69+,70+,72+,74-,75+,76+,77-,82-,83+,91-/m1/s1. The van der Waals surface area contributed by atoms with Gasteiger partial charge in [-0.1, -0.05) is 100 Å². The summed E-state index contributed by atoms with van der Waals surface area (Å²) in [5, 5.41) is 39.4. The van der Waals surface area contributed by atoms with Gasteiger partial charge in [-0.3, -0.25) is 19.2 Å². The molecule has 3 aliphatic heterocycles. The molecule has 2 bridgehead atoms. The van der Waals surface area contributed by atoms with Crippen LogP contribution in [0.15, 0.2) is 106 Å². The van der Waals surface area contributed by atoms with Gasteiger partial charge < -0.3 is 108 Å². The van der Waals surface area contributed by atoms with Crippen molar-refractivity contribution in [2.45, 2.75) is 206 Å². The van der Waals surface area contributed by atoms with E-state index >= 15 is 0 Å². The highest BCUT2D eigenvalue weighted by atomic mass is 16.6. The van der Waals surface area contributed by atoms with E-state index in [-0.39, 0.29) is 81.5 Å². The summed E-state index contributed by atoms with van der Waals surface area (Å²) in [4.78, 5) is 101. The Labute approximate surface area is 743 Å². The molecule has 36 heteroatoms. The van der Waals surface area contributed by atoms with Crippen molar-refractivity contribution in [3.63, 3.8) is 0 Å². The molecule has 4 aliphatic rings. The number of amides is 3. The number of nitrogen functional groups attached to an aromatic ring is 2. The van der Waals surface area contributed by atoms with E-state index in [9.17, 15) is 44.5 Å². The van der Waals surface area contributed by atoms with Gasteiger partial charge in [0, 0.05) is 82.2 Å². The molecule has 5 aromatic rings. The number of hydrogen-bond acceptors (Lipinski definition) is 30. The number of oxazole rings is 1. The first kappa shape index (κ1) is 102. The number of nitrogens with zero attached hydrogens (tertiary/aromatic N) is 9. The van der Waals surface area contributed by atoms with E-state index in [1.807, 2.05) is 94.5 Å². The number of aliphatic hydroxyl groups is 2. The average molecular weight is 1780 g/mol. The number of Topliss-reactive ketones (excluding diaryl/α,β-unsaturated/α-hetero) is 2. The van der Waals surface area contributed by atoms with E-state index in [1.54, 1.807) is 51.8 Å². The van der Waals surface area contributed by atoms with Crippen molar-refractivity contribution >= 4 is 69.4 Å². The predicted molar refractivity (Wildman–Crippen MR) is 471 cm³/mol. The number of esters is 1. The molecule has 3 fully saturated rings. The first-order chi connectivity index (χ1) is 61.3. The number of piperidine rings is 1. The van der Waals surface area contributed by atoms with Gasteiger partial charge in [0.25, 0.3) is 17.7 Å². The minimum Gasteiger partial charge on any atom is -0.461 e. The van der Waals surface area contributed by atoms with E-state index in [4.69, 9.17) is 87.3 Å². The lowest BCUT2D eigenvalue weighted by atomic mass is 9.78. The molecule has 0 unspecified atom stereocenters. The van der Waals surface area contributed by atoms with Crippen LogP contribution in [0.5, 0.6) is 0 Å². The minimum atomic E-state index is -2.49. The van der Waals surface area contributed by atoms with Gasteiger partial charge in [-0.05, 0) is 154 Å². The second kappa shape index (κ2) is 53.1. The monoisotopic (exact) mass is 1780 g/mol. The zero-order valence-corrected chi connectivity index (χ0v) is 75.2. The summed E-state index contributed by atoms with van der Waals surface area (Å²) in [5.74, 6) is -7.85. The molecular weight excluding hydrogens is 1640 g/mol. The van der Waals surface area contributed by atoms with Crippen LogP contribution in [0.2, 0.25) is 0 Å². The molecule has 1 saturated carbocycles. The third-order valence-corrected chi connectivity index (χ3v) is 23.8. The summed E-state index contributed by atoms with van der Waals surface area (Å²) < 4.78 is 88.3. The van der Waals surface area contributed by atoms with Gasteiger partial charge in [0.15, 0.2) is 17.0 Å². The zero-order chi connectivity index (χ0) is 91.2. The normalized spacial score (nSPS) is 26.9. The Hall–Kier alpha value is -9.21. The lowest BCUT2D eigenvalue weighted by Gasteiger charge is -2.43. The predicted octanol–water partition coefficient (Wildman–Crippen LogP) is 10.0. The molecule has 0 radical (unpaired) electrons. The maximum absolute atomic E-state index is 14.9. The van der Waals surface area contributed by atoms with Gasteiger partial charge in [0.05, 0.1) is 136 Å². The van der Waals surface area contributed by atoms with Crippen molar-refractivity contribution < 1.29 is 110 Å². The van der Waals surface area contributed by atoms with Crippen molar-refractivity contribution in [2.75, 3.05) is 152 Å². The number of cyclic esters (lactones) is 1. The van der Waals surface area contributed by atoms with Gasteiger partial charge in [0.2, 0.25) is 11.7 Å². The van der Waals surface area contributed by atoms with Crippen molar-refractivity contribution in [1.82, 2.24) is 40.3 Å². The molecule has 3 aromatic heterocycles. The fraction of sp³-hybridized carbons (Fsp3) is 0.648. The fourth-order valence-corrected chi connectivity index (χ4v) is 16.5. The fourth-order valence-electron chi connectivity index (χ4n) is 16.5. The van der Waals surface area contributed by atoms with E-state index in [0.29, 0.717) is 203 Å². The zero-order valence-electron chi connectivity index (χ0n) is 75.2. The number of nitrogens with one attached hydrogen (secondary N) is 2. The molecule has 3 amide bonds. The van der Waals surface area contributed by atoms with Gasteiger partial charge in [-0.25, -0.2) is 24.2 Å². The highest BCUT2D eigenvalue weighted by Gasteiger charge is 2.53. The number of ether oxygens (including phenoxy) is 14.